The highest BCUT2D eigenvalue weighted by Gasteiger charge is 2.38. The summed E-state index contributed by atoms with van der Waals surface area (Å²) in [6.45, 7) is 6.18. The Hall–Kier alpha value is -0.770. The summed E-state index contributed by atoms with van der Waals surface area (Å²) in [5.74, 6) is 0.800. The quantitative estimate of drug-likeness (QED) is 0.916. The van der Waals surface area contributed by atoms with Crippen molar-refractivity contribution in [1.82, 2.24) is 4.90 Å². The van der Waals surface area contributed by atoms with E-state index in [1.165, 1.54) is 19.3 Å². The van der Waals surface area contributed by atoms with E-state index < -0.39 is 5.60 Å². The summed E-state index contributed by atoms with van der Waals surface area (Å²) in [7, 11) is 0. The molecule has 0 radical (unpaired) electrons. The molecule has 1 aliphatic heterocycles. The Bertz CT molecular complexity index is 521. The fraction of sp³-hybridized carbons (Fsp3) is 0.667. The number of piperidine rings is 1. The van der Waals surface area contributed by atoms with Crippen LogP contribution in [0.3, 0.4) is 0 Å². The predicted molar refractivity (Wildman–Crippen MR) is 89.8 cm³/mol. The first-order valence-electron chi connectivity index (χ1n) is 8.33. The van der Waals surface area contributed by atoms with Crippen molar-refractivity contribution in [2.75, 3.05) is 19.7 Å². The molecule has 1 atom stereocenters. The standard InChI is InChI=1S/C18H26ClNO2/c1-13-9-16(10-14(2)17(13)19)22-12-18(21)7-4-8-20(11-18)15-5-3-6-15/h9-10,15,21H,3-8,11-12H2,1-2H3/t18-/m0/s1. The van der Waals surface area contributed by atoms with Crippen LogP contribution in [0.4, 0.5) is 0 Å². The van der Waals surface area contributed by atoms with Gasteiger partial charge in [0.05, 0.1) is 0 Å². The average Bonchev–Trinajstić information content (AvgIpc) is 2.41. The first kappa shape index (κ1) is 16.1. The van der Waals surface area contributed by atoms with Crippen LogP contribution in [0.2, 0.25) is 5.02 Å². The third kappa shape index (κ3) is 3.42. The molecule has 1 aliphatic carbocycles. The van der Waals surface area contributed by atoms with Gasteiger partial charge in [-0.25, -0.2) is 0 Å². The molecule has 1 heterocycles. The van der Waals surface area contributed by atoms with Gasteiger partial charge < -0.3 is 9.84 Å². The smallest absolute Gasteiger partial charge is 0.120 e. The predicted octanol–water partition coefficient (Wildman–Crippen LogP) is 3.72. The van der Waals surface area contributed by atoms with Crippen molar-refractivity contribution in [1.29, 1.82) is 0 Å². The summed E-state index contributed by atoms with van der Waals surface area (Å²) in [5, 5.41) is 11.7. The summed E-state index contributed by atoms with van der Waals surface area (Å²) in [4.78, 5) is 2.45. The van der Waals surface area contributed by atoms with Gasteiger partial charge in [-0.2, -0.15) is 0 Å². The molecule has 122 valence electrons. The fourth-order valence-corrected chi connectivity index (χ4v) is 3.64. The van der Waals surface area contributed by atoms with E-state index in [0.29, 0.717) is 12.6 Å². The molecule has 0 amide bonds. The van der Waals surface area contributed by atoms with Crippen LogP contribution in [-0.4, -0.2) is 41.3 Å². The molecule has 1 saturated carbocycles. The van der Waals surface area contributed by atoms with Crippen molar-refractivity contribution in [2.24, 2.45) is 0 Å². The molecule has 1 aromatic rings. The van der Waals surface area contributed by atoms with E-state index >= 15 is 0 Å². The van der Waals surface area contributed by atoms with Gasteiger partial charge in [0.15, 0.2) is 0 Å². The number of hydrogen-bond donors (Lipinski definition) is 1. The van der Waals surface area contributed by atoms with E-state index in [2.05, 4.69) is 4.90 Å². The first-order valence-corrected chi connectivity index (χ1v) is 8.71. The van der Waals surface area contributed by atoms with E-state index in [4.69, 9.17) is 16.3 Å². The van der Waals surface area contributed by atoms with Crippen LogP contribution in [0.15, 0.2) is 12.1 Å². The van der Waals surface area contributed by atoms with Gasteiger partial charge in [0.2, 0.25) is 0 Å². The molecule has 1 aromatic carbocycles. The summed E-state index contributed by atoms with van der Waals surface area (Å²) in [5.41, 5.74) is 1.31. The monoisotopic (exact) mass is 323 g/mol. The molecule has 3 nitrogen and oxygen atoms in total. The molecular formula is C18H26ClNO2. The van der Waals surface area contributed by atoms with Crippen LogP contribution in [-0.2, 0) is 0 Å². The number of aliphatic hydroxyl groups is 1. The first-order chi connectivity index (χ1) is 10.5. The molecule has 4 heteroatoms. The van der Waals surface area contributed by atoms with Gasteiger partial charge in [0.1, 0.15) is 18.0 Å². The minimum Gasteiger partial charge on any atom is -0.491 e. The number of likely N-dealkylation sites (tertiary alicyclic amines) is 1. The normalized spacial score (nSPS) is 26.7. The maximum Gasteiger partial charge on any atom is 0.120 e. The Labute approximate surface area is 138 Å². The number of aryl methyl sites for hydroxylation is 2. The number of ether oxygens (including phenoxy) is 1. The highest BCUT2D eigenvalue weighted by molar-refractivity contribution is 6.32. The minimum atomic E-state index is -0.727. The Morgan fingerprint density at radius 2 is 1.95 bits per heavy atom. The molecule has 2 aliphatic rings. The van der Waals surface area contributed by atoms with Crippen LogP contribution in [0.25, 0.3) is 0 Å². The maximum atomic E-state index is 10.9. The van der Waals surface area contributed by atoms with Crippen molar-refractivity contribution < 1.29 is 9.84 Å². The van der Waals surface area contributed by atoms with E-state index in [0.717, 1.165) is 47.8 Å². The fourth-order valence-electron chi connectivity index (χ4n) is 3.54. The lowest BCUT2D eigenvalue weighted by Gasteiger charge is -2.45. The molecule has 1 saturated heterocycles. The summed E-state index contributed by atoms with van der Waals surface area (Å²) in [6, 6.07) is 4.59. The van der Waals surface area contributed by atoms with Crippen LogP contribution in [0.5, 0.6) is 5.75 Å². The van der Waals surface area contributed by atoms with Gasteiger partial charge in [0, 0.05) is 17.6 Å². The molecule has 22 heavy (non-hydrogen) atoms. The highest BCUT2D eigenvalue weighted by Crippen LogP contribution is 2.32. The van der Waals surface area contributed by atoms with Crippen LogP contribution in [0, 0.1) is 13.8 Å². The molecular weight excluding hydrogens is 298 g/mol. The van der Waals surface area contributed by atoms with Gasteiger partial charge in [-0.1, -0.05) is 18.0 Å². The number of halogens is 1. The third-order valence-corrected chi connectivity index (χ3v) is 5.69. The van der Waals surface area contributed by atoms with E-state index in [1.54, 1.807) is 0 Å². The Kier molecular flexibility index (Phi) is 4.67. The number of β-amino-alcohol motifs (C(OH)–C–C–N with tert-alkyl or cyclic N) is 1. The summed E-state index contributed by atoms with van der Waals surface area (Å²) in [6.07, 6.45) is 5.77. The van der Waals surface area contributed by atoms with Crippen molar-refractivity contribution in [2.45, 2.75) is 57.6 Å². The van der Waals surface area contributed by atoms with E-state index in [1.807, 2.05) is 26.0 Å². The molecule has 3 rings (SSSR count). The molecule has 0 aromatic heterocycles. The zero-order valence-electron chi connectivity index (χ0n) is 13.6. The Balaban J connectivity index is 1.62. The van der Waals surface area contributed by atoms with Gasteiger partial charge in [0.25, 0.3) is 0 Å². The number of hydrogen-bond acceptors (Lipinski definition) is 3. The van der Waals surface area contributed by atoms with Gasteiger partial charge in [-0.05, 0) is 69.3 Å². The second-order valence-corrected chi connectivity index (χ2v) is 7.42. The zero-order valence-corrected chi connectivity index (χ0v) is 14.3. The van der Waals surface area contributed by atoms with Gasteiger partial charge in [-0.3, -0.25) is 4.90 Å². The highest BCUT2D eigenvalue weighted by atomic mass is 35.5. The maximum absolute atomic E-state index is 10.9. The zero-order chi connectivity index (χ0) is 15.7. The van der Waals surface area contributed by atoms with Crippen LogP contribution < -0.4 is 4.74 Å². The Morgan fingerprint density at radius 1 is 1.27 bits per heavy atom. The van der Waals surface area contributed by atoms with Crippen molar-refractivity contribution >= 4 is 11.6 Å². The van der Waals surface area contributed by atoms with Gasteiger partial charge in [-0.15, -0.1) is 0 Å². The van der Waals surface area contributed by atoms with Crippen molar-refractivity contribution in [3.63, 3.8) is 0 Å². The number of rotatable bonds is 4. The second kappa shape index (κ2) is 6.38. The lowest BCUT2D eigenvalue weighted by Crippen LogP contribution is -2.55. The largest absolute Gasteiger partial charge is 0.491 e. The van der Waals surface area contributed by atoms with Crippen molar-refractivity contribution in [3.8, 4) is 5.75 Å². The van der Waals surface area contributed by atoms with Crippen LogP contribution in [0.1, 0.15) is 43.2 Å². The average molecular weight is 324 g/mol. The van der Waals surface area contributed by atoms with Crippen LogP contribution >= 0.6 is 11.6 Å². The SMILES string of the molecule is Cc1cc(OC[C@]2(O)CCCN(C3CCC3)C2)cc(C)c1Cl. The van der Waals surface area contributed by atoms with Gasteiger partial charge >= 0.3 is 0 Å². The second-order valence-electron chi connectivity index (χ2n) is 7.04. The number of benzene rings is 1. The Morgan fingerprint density at radius 3 is 2.55 bits per heavy atom. The van der Waals surface area contributed by atoms with Crippen molar-refractivity contribution in [3.05, 3.63) is 28.3 Å². The molecule has 1 N–H and O–H groups in total. The van der Waals surface area contributed by atoms with E-state index in [-0.39, 0.29) is 0 Å². The lowest BCUT2D eigenvalue weighted by molar-refractivity contribution is -0.0779. The molecule has 0 spiro atoms. The topological polar surface area (TPSA) is 32.7 Å². The molecule has 0 bridgehead atoms. The lowest BCUT2D eigenvalue weighted by atomic mass is 9.86. The molecule has 0 unspecified atom stereocenters. The minimum absolute atomic E-state index is 0.358. The number of nitrogens with zero attached hydrogens (tertiary/aromatic N) is 1. The summed E-state index contributed by atoms with van der Waals surface area (Å²) < 4.78 is 5.91. The summed E-state index contributed by atoms with van der Waals surface area (Å²) >= 11 is 6.19. The molecule has 2 fully saturated rings. The van der Waals surface area contributed by atoms with E-state index in [9.17, 15) is 5.11 Å². The third-order valence-electron chi connectivity index (χ3n) is 5.09.